The van der Waals surface area contributed by atoms with Gasteiger partial charge in [-0.15, -0.1) is 0 Å². The van der Waals surface area contributed by atoms with Gasteiger partial charge in [0.15, 0.2) is 0 Å². The van der Waals surface area contributed by atoms with E-state index in [9.17, 15) is 8.78 Å². The minimum absolute atomic E-state index is 0.656. The molecular formula is C10H11F2N. The second kappa shape index (κ2) is 4.14. The Kier molecular flexibility index (Phi) is 3.14. The smallest absolute Gasteiger partial charge is 0.278 e. The van der Waals surface area contributed by atoms with Crippen LogP contribution in [-0.2, 0) is 0 Å². The molecule has 0 radical (unpaired) electrons. The molecule has 0 unspecified atom stereocenters. The van der Waals surface area contributed by atoms with Crippen LogP contribution in [0.2, 0.25) is 0 Å². The van der Waals surface area contributed by atoms with E-state index >= 15 is 0 Å². The number of hydrogen-bond acceptors (Lipinski definition) is 1. The summed E-state index contributed by atoms with van der Waals surface area (Å²) >= 11 is 0. The van der Waals surface area contributed by atoms with E-state index in [2.05, 4.69) is 0 Å². The van der Waals surface area contributed by atoms with Crippen LogP contribution in [0.5, 0.6) is 0 Å². The van der Waals surface area contributed by atoms with Gasteiger partial charge in [-0.2, -0.15) is 0 Å². The lowest BCUT2D eigenvalue weighted by molar-refractivity contribution is 0.0662. The zero-order valence-electron chi connectivity index (χ0n) is 7.08. The highest BCUT2D eigenvalue weighted by Gasteiger charge is 2.21. The van der Waals surface area contributed by atoms with Crippen molar-refractivity contribution in [1.82, 2.24) is 0 Å². The van der Waals surface area contributed by atoms with Crippen molar-refractivity contribution in [2.24, 2.45) is 5.73 Å². The summed E-state index contributed by atoms with van der Waals surface area (Å²) in [4.78, 5) is 0. The predicted octanol–water partition coefficient (Wildman–Crippen LogP) is 2.29. The van der Waals surface area contributed by atoms with Gasteiger partial charge >= 0.3 is 0 Å². The van der Waals surface area contributed by atoms with Gasteiger partial charge in [-0.1, -0.05) is 36.4 Å². The summed E-state index contributed by atoms with van der Waals surface area (Å²) in [6.07, 6.45) is 2.19. The minimum atomic E-state index is -2.91. The predicted molar refractivity (Wildman–Crippen MR) is 49.5 cm³/mol. The maximum absolute atomic E-state index is 12.6. The van der Waals surface area contributed by atoms with Gasteiger partial charge in [0.1, 0.15) is 0 Å². The molecule has 0 aliphatic heterocycles. The van der Waals surface area contributed by atoms with Gasteiger partial charge < -0.3 is 5.73 Å². The van der Waals surface area contributed by atoms with Gasteiger partial charge in [-0.25, -0.2) is 8.78 Å². The van der Waals surface area contributed by atoms with Gasteiger partial charge in [0, 0.05) is 0 Å². The molecule has 0 bridgehead atoms. The molecule has 70 valence electrons. The Morgan fingerprint density at radius 1 is 1.23 bits per heavy atom. The van der Waals surface area contributed by atoms with E-state index in [0.29, 0.717) is 0 Å². The summed E-state index contributed by atoms with van der Waals surface area (Å²) in [5.74, 6) is -2.91. The molecule has 0 fully saturated rings. The molecule has 0 spiro atoms. The first-order valence-corrected chi connectivity index (χ1v) is 3.96. The van der Waals surface area contributed by atoms with Gasteiger partial charge in [0.2, 0.25) is 0 Å². The average Bonchev–Trinajstić information content (AvgIpc) is 2.17. The maximum atomic E-state index is 12.6. The highest BCUT2D eigenvalue weighted by Crippen LogP contribution is 2.14. The summed E-state index contributed by atoms with van der Waals surface area (Å²) in [5.41, 5.74) is 5.62. The van der Waals surface area contributed by atoms with E-state index in [1.165, 1.54) is 6.08 Å². The van der Waals surface area contributed by atoms with E-state index in [-0.39, 0.29) is 0 Å². The topological polar surface area (TPSA) is 26.0 Å². The molecule has 0 atom stereocenters. The van der Waals surface area contributed by atoms with Crippen molar-refractivity contribution in [2.45, 2.75) is 5.92 Å². The van der Waals surface area contributed by atoms with E-state index in [1.807, 2.05) is 6.07 Å². The molecule has 0 aromatic heterocycles. The summed E-state index contributed by atoms with van der Waals surface area (Å²) in [6, 6.07) is 8.92. The van der Waals surface area contributed by atoms with E-state index in [4.69, 9.17) is 5.73 Å². The maximum Gasteiger partial charge on any atom is 0.278 e. The second-order valence-electron chi connectivity index (χ2n) is 2.71. The van der Waals surface area contributed by atoms with Crippen LogP contribution in [0.3, 0.4) is 0 Å². The fourth-order valence-electron chi connectivity index (χ4n) is 0.850. The third kappa shape index (κ3) is 3.34. The quantitative estimate of drug-likeness (QED) is 0.764. The fraction of sp³-hybridized carbons (Fsp3) is 0.200. The monoisotopic (exact) mass is 183 g/mol. The number of hydrogen-bond donors (Lipinski definition) is 1. The van der Waals surface area contributed by atoms with Crippen LogP contribution in [0.25, 0.3) is 6.08 Å². The average molecular weight is 183 g/mol. The molecule has 0 saturated heterocycles. The molecule has 2 N–H and O–H groups in total. The standard InChI is InChI=1S/C10H11F2N/c11-10(12,8-13)7-6-9-4-2-1-3-5-9/h1-7H,8,13H2/b7-6+. The summed E-state index contributed by atoms with van der Waals surface area (Å²) < 4.78 is 25.3. The van der Waals surface area contributed by atoms with Crippen molar-refractivity contribution in [3.63, 3.8) is 0 Å². The van der Waals surface area contributed by atoms with Gasteiger partial charge in [0.25, 0.3) is 5.92 Å². The van der Waals surface area contributed by atoms with E-state index < -0.39 is 12.5 Å². The van der Waals surface area contributed by atoms with Gasteiger partial charge in [-0.3, -0.25) is 0 Å². The molecule has 0 aliphatic carbocycles. The third-order valence-electron chi connectivity index (χ3n) is 1.59. The van der Waals surface area contributed by atoms with Crippen LogP contribution >= 0.6 is 0 Å². The molecule has 1 aromatic carbocycles. The molecule has 1 nitrogen and oxygen atoms in total. The summed E-state index contributed by atoms with van der Waals surface area (Å²) in [5, 5.41) is 0. The number of rotatable bonds is 3. The van der Waals surface area contributed by atoms with Crippen molar-refractivity contribution in [3.05, 3.63) is 42.0 Å². The zero-order chi connectivity index (χ0) is 9.73. The lowest BCUT2D eigenvalue weighted by Crippen LogP contribution is -2.24. The van der Waals surface area contributed by atoms with Crippen LogP contribution in [0.4, 0.5) is 8.78 Å². The van der Waals surface area contributed by atoms with Crippen LogP contribution in [-0.4, -0.2) is 12.5 Å². The Hall–Kier alpha value is -1.22. The van der Waals surface area contributed by atoms with Gasteiger partial charge in [0.05, 0.1) is 6.54 Å². The lowest BCUT2D eigenvalue weighted by Gasteiger charge is -2.06. The van der Waals surface area contributed by atoms with Crippen LogP contribution in [0.15, 0.2) is 36.4 Å². The number of nitrogens with two attached hydrogens (primary N) is 1. The Labute approximate surface area is 75.9 Å². The Morgan fingerprint density at radius 3 is 2.38 bits per heavy atom. The Balaban J connectivity index is 2.69. The van der Waals surface area contributed by atoms with Crippen molar-refractivity contribution in [3.8, 4) is 0 Å². The van der Waals surface area contributed by atoms with Crippen molar-refractivity contribution >= 4 is 6.08 Å². The molecule has 0 aliphatic rings. The molecule has 13 heavy (non-hydrogen) atoms. The second-order valence-corrected chi connectivity index (χ2v) is 2.71. The SMILES string of the molecule is NCC(F)(F)/C=C/c1ccccc1. The molecule has 0 amide bonds. The number of alkyl halides is 2. The van der Waals surface area contributed by atoms with Crippen LogP contribution < -0.4 is 5.73 Å². The molecule has 0 saturated carbocycles. The highest BCUT2D eigenvalue weighted by atomic mass is 19.3. The first-order valence-electron chi connectivity index (χ1n) is 3.96. The van der Waals surface area contributed by atoms with Crippen molar-refractivity contribution in [2.75, 3.05) is 6.54 Å². The van der Waals surface area contributed by atoms with E-state index in [1.54, 1.807) is 24.3 Å². The van der Waals surface area contributed by atoms with E-state index in [0.717, 1.165) is 11.6 Å². The molecule has 0 heterocycles. The van der Waals surface area contributed by atoms with Crippen molar-refractivity contribution < 1.29 is 8.78 Å². The van der Waals surface area contributed by atoms with Crippen LogP contribution in [0, 0.1) is 0 Å². The first-order chi connectivity index (χ1) is 6.14. The Bertz CT molecular complexity index is 280. The molecule has 1 rings (SSSR count). The number of benzene rings is 1. The largest absolute Gasteiger partial charge is 0.325 e. The lowest BCUT2D eigenvalue weighted by atomic mass is 10.2. The molecule has 1 aromatic rings. The molecular weight excluding hydrogens is 172 g/mol. The Morgan fingerprint density at radius 2 is 1.85 bits per heavy atom. The molecule has 3 heteroatoms. The normalized spacial score (nSPS) is 12.2. The first kappa shape index (κ1) is 9.86. The third-order valence-corrected chi connectivity index (χ3v) is 1.59. The van der Waals surface area contributed by atoms with Crippen molar-refractivity contribution in [1.29, 1.82) is 0 Å². The zero-order valence-corrected chi connectivity index (χ0v) is 7.08. The van der Waals surface area contributed by atoms with Crippen LogP contribution in [0.1, 0.15) is 5.56 Å². The highest BCUT2D eigenvalue weighted by molar-refractivity contribution is 5.49. The minimum Gasteiger partial charge on any atom is -0.325 e. The summed E-state index contributed by atoms with van der Waals surface area (Å²) in [7, 11) is 0. The number of halogens is 2. The summed E-state index contributed by atoms with van der Waals surface area (Å²) in [6.45, 7) is -0.656. The van der Waals surface area contributed by atoms with Gasteiger partial charge in [-0.05, 0) is 11.6 Å². The fourth-order valence-corrected chi connectivity index (χ4v) is 0.850.